The Morgan fingerprint density at radius 3 is 2.43 bits per heavy atom. The molecule has 0 bridgehead atoms. The van der Waals surface area contributed by atoms with Gasteiger partial charge in [0.05, 0.1) is 10.5 Å². The maximum absolute atomic E-state index is 12.4. The molecule has 146 valence electrons. The molecule has 7 nitrogen and oxygen atoms in total. The fourth-order valence-electron chi connectivity index (χ4n) is 3.06. The predicted octanol–water partition coefficient (Wildman–Crippen LogP) is 2.83. The predicted molar refractivity (Wildman–Crippen MR) is 107 cm³/mol. The normalized spacial score (nSPS) is 14.9. The molecule has 1 aliphatic rings. The third kappa shape index (κ3) is 5.40. The van der Waals surface area contributed by atoms with Gasteiger partial charge >= 0.3 is 0 Å². The van der Waals surface area contributed by atoms with Crippen molar-refractivity contribution in [2.24, 2.45) is 0 Å². The highest BCUT2D eigenvalue weighted by molar-refractivity contribution is 5.92. The van der Waals surface area contributed by atoms with Gasteiger partial charge in [-0.05, 0) is 24.3 Å². The Kier molecular flexibility index (Phi) is 6.75. The molecule has 0 unspecified atom stereocenters. The van der Waals surface area contributed by atoms with E-state index in [0.717, 1.165) is 25.4 Å². The van der Waals surface area contributed by atoms with Crippen molar-refractivity contribution in [3.05, 3.63) is 76.4 Å². The van der Waals surface area contributed by atoms with Crippen LogP contribution < -0.4 is 4.74 Å². The van der Waals surface area contributed by atoms with E-state index in [4.69, 9.17) is 4.74 Å². The van der Waals surface area contributed by atoms with Crippen LogP contribution in [0.25, 0.3) is 6.08 Å². The molecule has 2 aromatic rings. The van der Waals surface area contributed by atoms with Gasteiger partial charge in [0.15, 0.2) is 0 Å². The van der Waals surface area contributed by atoms with Gasteiger partial charge in [0, 0.05) is 44.9 Å². The first-order chi connectivity index (χ1) is 13.6. The molecule has 0 atom stereocenters. The maximum Gasteiger partial charge on any atom is 0.276 e. The number of benzene rings is 2. The molecule has 1 heterocycles. The second-order valence-corrected chi connectivity index (χ2v) is 6.48. The molecule has 1 amide bonds. The second kappa shape index (κ2) is 9.66. The molecule has 0 radical (unpaired) electrons. The van der Waals surface area contributed by atoms with E-state index in [0.29, 0.717) is 25.3 Å². The average molecular weight is 381 g/mol. The van der Waals surface area contributed by atoms with Crippen LogP contribution in [0.5, 0.6) is 5.75 Å². The number of nitro groups is 1. The highest BCUT2D eigenvalue weighted by atomic mass is 16.6. The lowest BCUT2D eigenvalue weighted by molar-refractivity contribution is -0.385. The molecule has 3 rings (SSSR count). The maximum atomic E-state index is 12.4. The summed E-state index contributed by atoms with van der Waals surface area (Å²) in [5.74, 6) is 0.731. The first kappa shape index (κ1) is 19.6. The van der Waals surface area contributed by atoms with Gasteiger partial charge in [-0.1, -0.05) is 30.3 Å². The zero-order chi connectivity index (χ0) is 19.8. The number of carbonyl (C=O) groups excluding carboxylic acids is 1. The Morgan fingerprint density at radius 2 is 1.71 bits per heavy atom. The van der Waals surface area contributed by atoms with E-state index < -0.39 is 4.92 Å². The van der Waals surface area contributed by atoms with Gasteiger partial charge in [-0.25, -0.2) is 0 Å². The van der Waals surface area contributed by atoms with Crippen molar-refractivity contribution < 1.29 is 14.5 Å². The molecule has 1 aliphatic heterocycles. The number of hydrogen-bond acceptors (Lipinski definition) is 5. The van der Waals surface area contributed by atoms with Crippen LogP contribution in [0, 0.1) is 10.1 Å². The number of ether oxygens (including phenoxy) is 1. The Morgan fingerprint density at radius 1 is 1.04 bits per heavy atom. The van der Waals surface area contributed by atoms with Gasteiger partial charge < -0.3 is 9.64 Å². The van der Waals surface area contributed by atoms with Crippen molar-refractivity contribution in [2.75, 3.05) is 39.3 Å². The number of nitro benzene ring substituents is 1. The summed E-state index contributed by atoms with van der Waals surface area (Å²) in [6.07, 6.45) is 2.93. The molecule has 0 saturated carbocycles. The first-order valence-electron chi connectivity index (χ1n) is 9.24. The van der Waals surface area contributed by atoms with Gasteiger partial charge in [-0.3, -0.25) is 19.8 Å². The lowest BCUT2D eigenvalue weighted by Crippen LogP contribution is -2.49. The third-order valence-electron chi connectivity index (χ3n) is 4.64. The molecular formula is C21H23N3O4. The minimum atomic E-state index is -0.444. The van der Waals surface area contributed by atoms with Gasteiger partial charge in [0.25, 0.3) is 5.69 Å². The molecule has 0 N–H and O–H groups in total. The number of rotatable bonds is 7. The summed E-state index contributed by atoms with van der Waals surface area (Å²) in [4.78, 5) is 27.0. The van der Waals surface area contributed by atoms with E-state index >= 15 is 0 Å². The number of carbonyl (C=O) groups is 1. The molecule has 0 aliphatic carbocycles. The van der Waals surface area contributed by atoms with Gasteiger partial charge in [-0.15, -0.1) is 0 Å². The second-order valence-electron chi connectivity index (χ2n) is 6.48. The summed E-state index contributed by atoms with van der Waals surface area (Å²) in [6, 6.07) is 16.1. The van der Waals surface area contributed by atoms with E-state index in [1.807, 2.05) is 30.3 Å². The highest BCUT2D eigenvalue weighted by Crippen LogP contribution is 2.19. The minimum absolute atomic E-state index is 0.00483. The monoisotopic (exact) mass is 381 g/mol. The fourth-order valence-corrected chi connectivity index (χ4v) is 3.06. The lowest BCUT2D eigenvalue weighted by Gasteiger charge is -2.34. The summed E-state index contributed by atoms with van der Waals surface area (Å²) in [7, 11) is 0. The Hall–Kier alpha value is -3.19. The summed E-state index contributed by atoms with van der Waals surface area (Å²) < 4.78 is 5.71. The zero-order valence-corrected chi connectivity index (χ0v) is 15.6. The molecular weight excluding hydrogens is 358 g/mol. The molecule has 0 aromatic heterocycles. The van der Waals surface area contributed by atoms with E-state index in [1.165, 1.54) is 18.2 Å². The fraction of sp³-hybridized carbons (Fsp3) is 0.286. The Balaban J connectivity index is 1.44. The van der Waals surface area contributed by atoms with E-state index in [-0.39, 0.29) is 11.6 Å². The summed E-state index contributed by atoms with van der Waals surface area (Å²) in [5, 5.41) is 11.0. The minimum Gasteiger partial charge on any atom is -0.492 e. The number of piperazine rings is 1. The van der Waals surface area contributed by atoms with Crippen LogP contribution in [-0.4, -0.2) is 60.0 Å². The first-order valence-corrected chi connectivity index (χ1v) is 9.24. The van der Waals surface area contributed by atoms with Crippen LogP contribution in [0.1, 0.15) is 5.56 Å². The number of hydrogen-bond donors (Lipinski definition) is 0. The van der Waals surface area contributed by atoms with Crippen LogP contribution in [-0.2, 0) is 4.79 Å². The summed E-state index contributed by atoms with van der Waals surface area (Å²) >= 11 is 0. The van der Waals surface area contributed by atoms with Crippen molar-refractivity contribution in [1.82, 2.24) is 9.80 Å². The van der Waals surface area contributed by atoms with Gasteiger partial charge in [-0.2, -0.15) is 0 Å². The smallest absolute Gasteiger partial charge is 0.276 e. The molecule has 1 saturated heterocycles. The van der Waals surface area contributed by atoms with Crippen molar-refractivity contribution in [2.45, 2.75) is 0 Å². The summed E-state index contributed by atoms with van der Waals surface area (Å²) in [6.45, 7) is 4.24. The van der Waals surface area contributed by atoms with Crippen LogP contribution >= 0.6 is 0 Å². The van der Waals surface area contributed by atoms with Crippen molar-refractivity contribution in [3.63, 3.8) is 0 Å². The van der Waals surface area contributed by atoms with E-state index in [9.17, 15) is 14.9 Å². The van der Waals surface area contributed by atoms with Crippen LogP contribution in [0.4, 0.5) is 5.69 Å². The molecule has 7 heteroatoms. The number of nitrogens with zero attached hydrogens (tertiary/aromatic N) is 3. The molecule has 2 aromatic carbocycles. The Bertz CT molecular complexity index is 831. The SMILES string of the molecule is O=C(/C=C/c1ccccc1[N+](=O)[O-])N1CCN(CCOc2ccccc2)CC1. The number of amides is 1. The topological polar surface area (TPSA) is 75.9 Å². The van der Waals surface area contributed by atoms with Gasteiger partial charge in [0.2, 0.25) is 5.91 Å². The summed E-state index contributed by atoms with van der Waals surface area (Å²) in [5.41, 5.74) is 0.423. The van der Waals surface area contributed by atoms with Crippen LogP contribution in [0.2, 0.25) is 0 Å². The third-order valence-corrected chi connectivity index (χ3v) is 4.64. The van der Waals surface area contributed by atoms with Crippen LogP contribution in [0.15, 0.2) is 60.7 Å². The molecule has 1 fully saturated rings. The highest BCUT2D eigenvalue weighted by Gasteiger charge is 2.19. The zero-order valence-electron chi connectivity index (χ0n) is 15.6. The largest absolute Gasteiger partial charge is 0.492 e. The standard InChI is InChI=1S/C21H23N3O4/c25-21(11-10-18-6-4-5-9-20(18)24(26)27)23-14-12-22(13-15-23)16-17-28-19-7-2-1-3-8-19/h1-11H,12-17H2/b11-10+. The number of para-hydroxylation sites is 2. The lowest BCUT2D eigenvalue weighted by atomic mass is 10.1. The van der Waals surface area contributed by atoms with E-state index in [1.54, 1.807) is 23.1 Å². The van der Waals surface area contributed by atoms with Crippen molar-refractivity contribution in [1.29, 1.82) is 0 Å². The van der Waals surface area contributed by atoms with Crippen molar-refractivity contribution in [3.8, 4) is 5.75 Å². The Labute approximate surface area is 164 Å². The quantitative estimate of drug-likeness (QED) is 0.419. The molecule has 0 spiro atoms. The van der Waals surface area contributed by atoms with Gasteiger partial charge in [0.1, 0.15) is 12.4 Å². The van der Waals surface area contributed by atoms with Crippen LogP contribution in [0.3, 0.4) is 0 Å². The van der Waals surface area contributed by atoms with Crippen molar-refractivity contribution >= 4 is 17.7 Å². The molecule has 28 heavy (non-hydrogen) atoms. The van der Waals surface area contributed by atoms with E-state index in [2.05, 4.69) is 4.90 Å². The average Bonchev–Trinajstić information content (AvgIpc) is 2.73.